The van der Waals surface area contributed by atoms with E-state index in [1.54, 1.807) is 12.1 Å². The van der Waals surface area contributed by atoms with Gasteiger partial charge in [0.1, 0.15) is 0 Å². The molecule has 2 fully saturated rings. The first-order chi connectivity index (χ1) is 12.5. The molecule has 0 unspecified atom stereocenters. The van der Waals surface area contributed by atoms with Crippen molar-refractivity contribution in [1.82, 2.24) is 14.5 Å². The van der Waals surface area contributed by atoms with Gasteiger partial charge in [-0.1, -0.05) is 31.4 Å². The third-order valence-electron chi connectivity index (χ3n) is 5.81. The Hall–Kier alpha value is -0.950. The maximum Gasteiger partial charge on any atom is 0.240 e. The number of piperazine rings is 1. The molecule has 6 heteroatoms. The van der Waals surface area contributed by atoms with E-state index in [0.717, 1.165) is 39.1 Å². The SMILES string of the molecule is CN1CCN(CCCNS(=O)(=O)c2ccc(C3CCCCC3)cc2)CC1. The number of hydrogen-bond donors (Lipinski definition) is 1. The van der Waals surface area contributed by atoms with E-state index >= 15 is 0 Å². The van der Waals surface area contributed by atoms with Gasteiger partial charge in [-0.25, -0.2) is 13.1 Å². The van der Waals surface area contributed by atoms with Gasteiger partial charge in [-0.2, -0.15) is 0 Å². The highest BCUT2D eigenvalue weighted by atomic mass is 32.2. The Morgan fingerprint density at radius 3 is 2.31 bits per heavy atom. The maximum absolute atomic E-state index is 12.5. The zero-order valence-corrected chi connectivity index (χ0v) is 16.8. The van der Waals surface area contributed by atoms with Crippen LogP contribution >= 0.6 is 0 Å². The Balaban J connectivity index is 1.45. The summed E-state index contributed by atoms with van der Waals surface area (Å²) in [5, 5.41) is 0. The molecular formula is C20H33N3O2S. The van der Waals surface area contributed by atoms with Crippen molar-refractivity contribution in [3.63, 3.8) is 0 Å². The number of rotatable bonds is 7. The van der Waals surface area contributed by atoms with Crippen molar-refractivity contribution in [2.75, 3.05) is 46.3 Å². The first-order valence-corrected chi connectivity index (χ1v) is 11.5. The molecule has 1 aromatic carbocycles. The maximum atomic E-state index is 12.5. The van der Waals surface area contributed by atoms with Gasteiger partial charge in [-0.15, -0.1) is 0 Å². The van der Waals surface area contributed by atoms with E-state index in [0.29, 0.717) is 17.4 Å². The molecule has 1 N–H and O–H groups in total. The summed E-state index contributed by atoms with van der Waals surface area (Å²) in [7, 11) is -1.25. The number of sulfonamides is 1. The number of nitrogens with zero attached hydrogens (tertiary/aromatic N) is 2. The topological polar surface area (TPSA) is 52.6 Å². The molecule has 0 aromatic heterocycles. The zero-order valence-electron chi connectivity index (χ0n) is 16.0. The van der Waals surface area contributed by atoms with Crippen molar-refractivity contribution in [1.29, 1.82) is 0 Å². The lowest BCUT2D eigenvalue weighted by molar-refractivity contribution is 0.153. The average molecular weight is 380 g/mol. The molecule has 1 saturated heterocycles. The fraction of sp³-hybridized carbons (Fsp3) is 0.700. The number of nitrogens with one attached hydrogen (secondary N) is 1. The van der Waals surface area contributed by atoms with Crippen LogP contribution in [0, 0.1) is 0 Å². The molecular weight excluding hydrogens is 346 g/mol. The third-order valence-corrected chi connectivity index (χ3v) is 7.28. The van der Waals surface area contributed by atoms with Crippen LogP contribution in [0.25, 0.3) is 0 Å². The van der Waals surface area contributed by atoms with Gasteiger partial charge in [-0.3, -0.25) is 0 Å². The lowest BCUT2D eigenvalue weighted by Crippen LogP contribution is -2.45. The first-order valence-electron chi connectivity index (χ1n) is 10.1. The van der Waals surface area contributed by atoms with E-state index in [9.17, 15) is 8.42 Å². The standard InChI is InChI=1S/C20H33N3O2S/c1-22-14-16-23(17-15-22)13-5-12-21-26(24,25)20-10-8-19(9-11-20)18-6-3-2-4-7-18/h8-11,18,21H,2-7,12-17H2,1H3. The summed E-state index contributed by atoms with van der Waals surface area (Å²) in [5.41, 5.74) is 1.29. The Bertz CT molecular complexity index is 646. The number of hydrogen-bond acceptors (Lipinski definition) is 4. The quantitative estimate of drug-likeness (QED) is 0.740. The molecule has 1 heterocycles. The van der Waals surface area contributed by atoms with Crippen LogP contribution in [0.2, 0.25) is 0 Å². The molecule has 0 bridgehead atoms. The molecule has 5 nitrogen and oxygen atoms in total. The van der Waals surface area contributed by atoms with Crippen LogP contribution < -0.4 is 4.72 Å². The normalized spacial score (nSPS) is 21.1. The van der Waals surface area contributed by atoms with Crippen LogP contribution in [0.5, 0.6) is 0 Å². The largest absolute Gasteiger partial charge is 0.304 e. The second kappa shape index (κ2) is 9.31. The van der Waals surface area contributed by atoms with E-state index < -0.39 is 10.0 Å². The molecule has 3 rings (SSSR count). The van der Waals surface area contributed by atoms with Crippen LogP contribution in [0.15, 0.2) is 29.2 Å². The number of likely N-dealkylation sites (N-methyl/N-ethyl adjacent to an activating group) is 1. The van der Waals surface area contributed by atoms with E-state index in [2.05, 4.69) is 21.6 Å². The second-order valence-corrected chi connectivity index (χ2v) is 9.57. The van der Waals surface area contributed by atoms with Gasteiger partial charge in [0.2, 0.25) is 10.0 Å². The molecule has 1 saturated carbocycles. The second-order valence-electron chi connectivity index (χ2n) is 7.80. The summed E-state index contributed by atoms with van der Waals surface area (Å²) < 4.78 is 27.7. The summed E-state index contributed by atoms with van der Waals surface area (Å²) in [4.78, 5) is 5.13. The lowest BCUT2D eigenvalue weighted by Gasteiger charge is -2.32. The highest BCUT2D eigenvalue weighted by molar-refractivity contribution is 7.89. The summed E-state index contributed by atoms with van der Waals surface area (Å²) in [6.45, 7) is 5.80. The summed E-state index contributed by atoms with van der Waals surface area (Å²) in [6, 6.07) is 7.56. The van der Waals surface area contributed by atoms with Gasteiger partial charge in [0.15, 0.2) is 0 Å². The fourth-order valence-electron chi connectivity index (χ4n) is 4.02. The highest BCUT2D eigenvalue weighted by Crippen LogP contribution is 2.32. The molecule has 146 valence electrons. The van der Waals surface area contributed by atoms with Gasteiger partial charge in [-0.05, 0) is 56.5 Å². The van der Waals surface area contributed by atoms with Gasteiger partial charge in [0, 0.05) is 32.7 Å². The van der Waals surface area contributed by atoms with Crippen molar-refractivity contribution in [2.24, 2.45) is 0 Å². The lowest BCUT2D eigenvalue weighted by atomic mass is 9.84. The van der Waals surface area contributed by atoms with Gasteiger partial charge < -0.3 is 9.80 Å². The van der Waals surface area contributed by atoms with Gasteiger partial charge >= 0.3 is 0 Å². The van der Waals surface area contributed by atoms with Crippen LogP contribution in [0.1, 0.15) is 50.0 Å². The third kappa shape index (κ3) is 5.52. The predicted octanol–water partition coefficient (Wildman–Crippen LogP) is 2.65. The molecule has 1 aromatic rings. The van der Waals surface area contributed by atoms with E-state index in [-0.39, 0.29) is 0 Å². The molecule has 2 aliphatic rings. The fourth-order valence-corrected chi connectivity index (χ4v) is 5.09. The Labute approximate surface area is 158 Å². The highest BCUT2D eigenvalue weighted by Gasteiger charge is 2.18. The molecule has 0 amide bonds. The molecule has 1 aliphatic carbocycles. The minimum Gasteiger partial charge on any atom is -0.304 e. The monoisotopic (exact) mass is 379 g/mol. The van der Waals surface area contributed by atoms with E-state index in [1.807, 2.05) is 12.1 Å². The average Bonchev–Trinajstić information content (AvgIpc) is 2.67. The van der Waals surface area contributed by atoms with Crippen LogP contribution in [-0.2, 0) is 10.0 Å². The van der Waals surface area contributed by atoms with E-state index in [1.165, 1.54) is 37.7 Å². The Morgan fingerprint density at radius 1 is 1.00 bits per heavy atom. The summed E-state index contributed by atoms with van der Waals surface area (Å²) >= 11 is 0. The van der Waals surface area contributed by atoms with Crippen molar-refractivity contribution in [3.05, 3.63) is 29.8 Å². The molecule has 0 spiro atoms. The summed E-state index contributed by atoms with van der Waals surface area (Å²) in [5.74, 6) is 0.608. The minimum atomic E-state index is -3.40. The Morgan fingerprint density at radius 2 is 1.65 bits per heavy atom. The number of benzene rings is 1. The molecule has 0 radical (unpaired) electrons. The smallest absolute Gasteiger partial charge is 0.240 e. The molecule has 0 atom stereocenters. The van der Waals surface area contributed by atoms with Crippen molar-refractivity contribution >= 4 is 10.0 Å². The molecule has 26 heavy (non-hydrogen) atoms. The van der Waals surface area contributed by atoms with Gasteiger partial charge in [0.05, 0.1) is 4.90 Å². The van der Waals surface area contributed by atoms with Crippen LogP contribution in [0.4, 0.5) is 0 Å². The minimum absolute atomic E-state index is 0.386. The predicted molar refractivity (Wildman–Crippen MR) is 106 cm³/mol. The van der Waals surface area contributed by atoms with Crippen molar-refractivity contribution < 1.29 is 8.42 Å². The van der Waals surface area contributed by atoms with Crippen molar-refractivity contribution in [3.8, 4) is 0 Å². The molecule has 1 aliphatic heterocycles. The first kappa shape index (κ1) is 19.8. The van der Waals surface area contributed by atoms with E-state index in [4.69, 9.17) is 0 Å². The summed E-state index contributed by atoms with van der Waals surface area (Å²) in [6.07, 6.45) is 7.23. The Kier molecular flexibility index (Phi) is 7.09. The van der Waals surface area contributed by atoms with Crippen LogP contribution in [0.3, 0.4) is 0 Å². The van der Waals surface area contributed by atoms with Gasteiger partial charge in [0.25, 0.3) is 0 Å². The van der Waals surface area contributed by atoms with Crippen LogP contribution in [-0.4, -0.2) is 64.5 Å². The zero-order chi connectivity index (χ0) is 18.4. The van der Waals surface area contributed by atoms with Crippen molar-refractivity contribution in [2.45, 2.75) is 49.3 Å².